The second-order valence-corrected chi connectivity index (χ2v) is 13.7. The summed E-state index contributed by atoms with van der Waals surface area (Å²) in [6.45, 7) is 3.17. The lowest BCUT2D eigenvalue weighted by molar-refractivity contribution is -0.121. The molecule has 4 bridgehead atoms. The van der Waals surface area contributed by atoms with Crippen molar-refractivity contribution in [1.82, 2.24) is 9.62 Å². The third-order valence-corrected chi connectivity index (χ3v) is 10.9. The van der Waals surface area contributed by atoms with Gasteiger partial charge in [0.1, 0.15) is 5.75 Å². The number of carbonyl (C=O) groups is 2. The molecule has 0 unspecified atom stereocenters. The molecule has 0 radical (unpaired) electrons. The molecule has 2 atom stereocenters. The molecule has 4 aliphatic rings. The number of rotatable bonds is 2. The molecule has 3 aromatic rings. The van der Waals surface area contributed by atoms with Crippen LogP contribution >= 0.6 is 0 Å². The number of sulfonamides is 1. The Balaban J connectivity index is 1.26. The molecule has 4 heterocycles. The average molecular weight is 588 g/mol. The third kappa shape index (κ3) is 4.53. The third-order valence-electron chi connectivity index (χ3n) is 9.10. The fourth-order valence-corrected chi connectivity index (χ4v) is 8.49. The summed E-state index contributed by atoms with van der Waals surface area (Å²) in [6, 6.07) is 18.5. The van der Waals surface area contributed by atoms with Crippen molar-refractivity contribution < 1.29 is 27.5 Å². The van der Waals surface area contributed by atoms with Crippen LogP contribution in [-0.2, 0) is 32.5 Å². The first-order valence-corrected chi connectivity index (χ1v) is 15.9. The van der Waals surface area contributed by atoms with Crippen LogP contribution in [0, 0.1) is 5.41 Å². The van der Waals surface area contributed by atoms with Gasteiger partial charge in [0, 0.05) is 62.1 Å². The highest BCUT2D eigenvalue weighted by molar-refractivity contribution is 7.89. The summed E-state index contributed by atoms with van der Waals surface area (Å²) in [5.74, 6) is 1.51. The molecular weight excluding hydrogens is 554 g/mol. The predicted octanol–water partition coefficient (Wildman–Crippen LogP) is 4.01. The minimum Gasteiger partial charge on any atom is -0.489 e. The van der Waals surface area contributed by atoms with Gasteiger partial charge >= 0.3 is 0 Å². The second kappa shape index (κ2) is 10.1. The summed E-state index contributed by atoms with van der Waals surface area (Å²) >= 11 is 0. The van der Waals surface area contributed by atoms with Crippen molar-refractivity contribution in [2.45, 2.75) is 43.4 Å². The molecule has 1 N–H and O–H groups in total. The number of carbonyl (C=O) groups excluding carboxylic acids is 2. The number of para-hydroxylation sites is 1. The van der Waals surface area contributed by atoms with Crippen molar-refractivity contribution >= 4 is 27.5 Å². The molecule has 2 amide bonds. The van der Waals surface area contributed by atoms with E-state index in [1.807, 2.05) is 42.5 Å². The molecule has 1 spiro atoms. The molecule has 42 heavy (non-hydrogen) atoms. The largest absolute Gasteiger partial charge is 0.489 e. The van der Waals surface area contributed by atoms with E-state index in [1.54, 1.807) is 23.1 Å². The molecular formula is C32H33N3O6S. The Morgan fingerprint density at radius 3 is 2.76 bits per heavy atom. The minimum absolute atomic E-state index is 0.0518. The van der Waals surface area contributed by atoms with Crippen molar-refractivity contribution in [2.24, 2.45) is 5.41 Å². The Bertz CT molecular complexity index is 1710. The summed E-state index contributed by atoms with van der Waals surface area (Å²) in [6.07, 6.45) is 2.39. The first kappa shape index (κ1) is 27.0. The number of benzene rings is 3. The molecule has 9 nitrogen and oxygen atoms in total. The summed E-state index contributed by atoms with van der Waals surface area (Å²) in [5, 5.41) is 3.10. The van der Waals surface area contributed by atoms with E-state index in [-0.39, 0.29) is 42.3 Å². The number of ether oxygens (including phenoxy) is 2. The van der Waals surface area contributed by atoms with Gasteiger partial charge in [-0.15, -0.1) is 0 Å². The monoisotopic (exact) mass is 587 g/mol. The Labute approximate surface area is 245 Å². The molecule has 0 saturated carbocycles. The lowest BCUT2D eigenvalue weighted by Crippen LogP contribution is -2.48. The highest BCUT2D eigenvalue weighted by atomic mass is 32.2. The zero-order valence-corrected chi connectivity index (χ0v) is 24.3. The van der Waals surface area contributed by atoms with Crippen molar-refractivity contribution in [3.8, 4) is 17.2 Å². The van der Waals surface area contributed by atoms with Crippen molar-refractivity contribution in [3.05, 3.63) is 77.4 Å². The first-order valence-electron chi connectivity index (χ1n) is 14.4. The van der Waals surface area contributed by atoms with Crippen LogP contribution in [0.3, 0.4) is 0 Å². The van der Waals surface area contributed by atoms with Crippen molar-refractivity contribution in [3.63, 3.8) is 0 Å². The van der Waals surface area contributed by atoms with Crippen LogP contribution in [0.1, 0.15) is 42.4 Å². The quantitative estimate of drug-likeness (QED) is 0.486. The topological polar surface area (TPSA) is 105 Å². The maximum Gasteiger partial charge on any atom is 0.243 e. The number of nitrogens with one attached hydrogen (secondary N) is 1. The number of hydrogen-bond donors (Lipinski definition) is 1. The van der Waals surface area contributed by atoms with Gasteiger partial charge in [-0.2, -0.15) is 4.31 Å². The van der Waals surface area contributed by atoms with Crippen LogP contribution in [0.5, 0.6) is 17.2 Å². The summed E-state index contributed by atoms with van der Waals surface area (Å²) in [7, 11) is -3.88. The van der Waals surface area contributed by atoms with E-state index in [4.69, 9.17) is 9.47 Å². The standard InChI is InChI=1S/C32H33N3O6S/c1-21(36)35-14-4-6-23-16-25(11-12-28(23)35)42(38,39)34-17-27-26-8-3-9-29-31(26)40-20-32(27,19-34)18-33-30(37)13-10-22-5-2-7-24(15-22)41-29/h2-3,5,7-9,11-12,15-16,27H,4,6,10,13-14,17-20H2,1H3,(H,33,37)/t27-,32+/m1/s1. The van der Waals surface area contributed by atoms with Gasteiger partial charge in [0.05, 0.1) is 11.5 Å². The zero-order chi connectivity index (χ0) is 29.1. The van der Waals surface area contributed by atoms with E-state index in [0.29, 0.717) is 49.6 Å². The molecule has 7 rings (SSSR count). The van der Waals surface area contributed by atoms with E-state index >= 15 is 0 Å². The van der Waals surface area contributed by atoms with Crippen molar-refractivity contribution in [1.29, 1.82) is 0 Å². The second-order valence-electron chi connectivity index (χ2n) is 11.8. The maximum absolute atomic E-state index is 14.1. The van der Waals surface area contributed by atoms with Gasteiger partial charge in [0.2, 0.25) is 21.8 Å². The van der Waals surface area contributed by atoms with Crippen LogP contribution in [0.4, 0.5) is 5.69 Å². The number of hydrogen-bond acceptors (Lipinski definition) is 6. The maximum atomic E-state index is 14.1. The van der Waals surface area contributed by atoms with E-state index in [1.165, 1.54) is 11.2 Å². The molecule has 1 saturated heterocycles. The molecule has 10 heteroatoms. The lowest BCUT2D eigenvalue weighted by atomic mass is 9.73. The van der Waals surface area contributed by atoms with Crippen LogP contribution < -0.4 is 19.7 Å². The number of nitrogens with zero attached hydrogens (tertiary/aromatic N) is 2. The molecule has 0 aromatic heterocycles. The van der Waals surface area contributed by atoms with Gasteiger partial charge in [-0.1, -0.05) is 24.3 Å². The van der Waals surface area contributed by atoms with Crippen molar-refractivity contribution in [2.75, 3.05) is 37.7 Å². The molecule has 218 valence electrons. The number of fused-ring (bicyclic) bond motifs is 5. The van der Waals surface area contributed by atoms with E-state index in [0.717, 1.165) is 28.8 Å². The van der Waals surface area contributed by atoms with Gasteiger partial charge in [-0.3, -0.25) is 9.59 Å². The Morgan fingerprint density at radius 2 is 1.90 bits per heavy atom. The van der Waals surface area contributed by atoms with Crippen LogP contribution in [0.15, 0.2) is 65.6 Å². The number of anilines is 1. The highest BCUT2D eigenvalue weighted by Crippen LogP contribution is 2.53. The number of amides is 2. The van der Waals surface area contributed by atoms with Crippen LogP contribution in [0.2, 0.25) is 0 Å². The summed E-state index contributed by atoms with van der Waals surface area (Å²) in [5.41, 5.74) is 2.87. The molecule has 4 aliphatic heterocycles. The van der Waals surface area contributed by atoms with Gasteiger partial charge in [-0.05, 0) is 66.8 Å². The SMILES string of the molecule is CC(=O)N1CCCc2cc(S(=O)(=O)N3C[C@@H]4c5cccc6c5OC[C@]4(CNC(=O)CCc4cccc(c4)O6)C3)ccc21. The predicted molar refractivity (Wildman–Crippen MR) is 157 cm³/mol. The highest BCUT2D eigenvalue weighted by Gasteiger charge is 2.54. The Hall–Kier alpha value is -3.89. The summed E-state index contributed by atoms with van der Waals surface area (Å²) < 4.78 is 42.5. The Morgan fingerprint density at radius 1 is 1.05 bits per heavy atom. The van der Waals surface area contributed by atoms with E-state index < -0.39 is 15.4 Å². The molecule has 1 fully saturated rings. The van der Waals surface area contributed by atoms with Gasteiger partial charge in [0.15, 0.2) is 11.5 Å². The average Bonchev–Trinajstić information content (AvgIpc) is 3.40. The fraction of sp³-hybridized carbons (Fsp3) is 0.375. The van der Waals surface area contributed by atoms with Crippen LogP contribution in [-0.4, -0.2) is 57.3 Å². The smallest absolute Gasteiger partial charge is 0.243 e. The number of aryl methyl sites for hydroxylation is 2. The first-order chi connectivity index (χ1) is 20.2. The lowest BCUT2D eigenvalue weighted by Gasteiger charge is -2.40. The zero-order valence-electron chi connectivity index (χ0n) is 23.5. The van der Waals surface area contributed by atoms with E-state index in [9.17, 15) is 18.0 Å². The minimum atomic E-state index is -3.88. The fourth-order valence-electron chi connectivity index (χ4n) is 6.89. The molecule has 0 aliphatic carbocycles. The van der Waals surface area contributed by atoms with Gasteiger partial charge < -0.3 is 19.7 Å². The van der Waals surface area contributed by atoms with Gasteiger partial charge in [-0.25, -0.2) is 8.42 Å². The van der Waals surface area contributed by atoms with Crippen LogP contribution in [0.25, 0.3) is 0 Å². The Kier molecular flexibility index (Phi) is 6.51. The molecule has 3 aromatic carbocycles. The normalized spacial score (nSPS) is 23.6. The summed E-state index contributed by atoms with van der Waals surface area (Å²) in [4.78, 5) is 27.0. The van der Waals surface area contributed by atoms with Gasteiger partial charge in [0.25, 0.3) is 0 Å². The van der Waals surface area contributed by atoms with E-state index in [2.05, 4.69) is 5.32 Å².